The number of hydrazine groups is 1. The molecule has 1 aliphatic heterocycles. The predicted octanol–water partition coefficient (Wildman–Crippen LogP) is 1.04. The SMILES string of the molecule is CC(=O)c1cccc(S(=O)(=O)NNC(=O)[C@H]2COc3ccccc3O2)c1. The van der Waals surface area contributed by atoms with Crippen molar-refractivity contribution in [1.82, 2.24) is 10.3 Å². The minimum atomic E-state index is -4.04. The second-order valence-electron chi connectivity index (χ2n) is 5.54. The highest BCUT2D eigenvalue weighted by Crippen LogP contribution is 2.30. The zero-order valence-corrected chi connectivity index (χ0v) is 14.6. The quantitative estimate of drug-likeness (QED) is 0.596. The van der Waals surface area contributed by atoms with Gasteiger partial charge in [-0.3, -0.25) is 15.0 Å². The van der Waals surface area contributed by atoms with E-state index in [1.807, 2.05) is 4.83 Å². The minimum absolute atomic E-state index is 0.0512. The predicted molar refractivity (Wildman–Crippen MR) is 91.3 cm³/mol. The number of fused-ring (bicyclic) bond motifs is 1. The van der Waals surface area contributed by atoms with Gasteiger partial charge < -0.3 is 9.47 Å². The van der Waals surface area contributed by atoms with Crippen LogP contribution in [0.15, 0.2) is 53.4 Å². The molecule has 0 saturated heterocycles. The molecule has 0 fully saturated rings. The smallest absolute Gasteiger partial charge is 0.279 e. The molecule has 136 valence electrons. The fourth-order valence-electron chi connectivity index (χ4n) is 2.29. The second kappa shape index (κ2) is 7.14. The summed E-state index contributed by atoms with van der Waals surface area (Å²) in [5.74, 6) is -0.0580. The molecule has 0 aliphatic carbocycles. The maximum Gasteiger partial charge on any atom is 0.279 e. The molecule has 26 heavy (non-hydrogen) atoms. The average molecular weight is 376 g/mol. The molecular formula is C17H16N2O6S. The summed E-state index contributed by atoms with van der Waals surface area (Å²) in [5, 5.41) is 0. The molecule has 8 nitrogen and oxygen atoms in total. The fraction of sp³-hybridized carbons (Fsp3) is 0.176. The highest BCUT2D eigenvalue weighted by Gasteiger charge is 2.28. The van der Waals surface area contributed by atoms with Crippen LogP contribution in [0.25, 0.3) is 0 Å². The lowest BCUT2D eigenvalue weighted by molar-refractivity contribution is -0.130. The van der Waals surface area contributed by atoms with E-state index in [1.54, 1.807) is 24.3 Å². The van der Waals surface area contributed by atoms with Gasteiger partial charge in [0.25, 0.3) is 15.9 Å². The Labute approximate surface area is 150 Å². The number of amides is 1. The molecular weight excluding hydrogens is 360 g/mol. The summed E-state index contributed by atoms with van der Waals surface area (Å²) in [4.78, 5) is 25.4. The third kappa shape index (κ3) is 3.84. The molecule has 1 atom stereocenters. The van der Waals surface area contributed by atoms with E-state index in [0.29, 0.717) is 11.5 Å². The van der Waals surface area contributed by atoms with E-state index < -0.39 is 22.0 Å². The summed E-state index contributed by atoms with van der Waals surface area (Å²) in [6.45, 7) is 1.28. The standard InChI is InChI=1S/C17H16N2O6S/c1-11(20)12-5-4-6-13(9-12)26(22,23)19-18-17(21)16-10-24-14-7-2-3-8-15(14)25-16/h2-9,16,19H,10H2,1H3,(H,18,21)/t16-/m1/s1. The van der Waals surface area contributed by atoms with E-state index in [9.17, 15) is 18.0 Å². The first-order valence-electron chi connectivity index (χ1n) is 7.68. The van der Waals surface area contributed by atoms with E-state index in [1.165, 1.54) is 31.2 Å². The number of nitrogens with one attached hydrogen (secondary N) is 2. The molecule has 2 aromatic carbocycles. The van der Waals surface area contributed by atoms with Crippen molar-refractivity contribution in [1.29, 1.82) is 0 Å². The van der Waals surface area contributed by atoms with Crippen LogP contribution in [-0.2, 0) is 14.8 Å². The van der Waals surface area contributed by atoms with Gasteiger partial charge in [0.15, 0.2) is 17.3 Å². The summed E-state index contributed by atoms with van der Waals surface area (Å²) >= 11 is 0. The largest absolute Gasteiger partial charge is 0.485 e. The summed E-state index contributed by atoms with van der Waals surface area (Å²) < 4.78 is 35.5. The highest BCUT2D eigenvalue weighted by atomic mass is 32.2. The molecule has 0 unspecified atom stereocenters. The number of hydrogen-bond acceptors (Lipinski definition) is 6. The molecule has 2 aromatic rings. The van der Waals surface area contributed by atoms with Gasteiger partial charge in [0.1, 0.15) is 6.61 Å². The molecule has 1 heterocycles. The topological polar surface area (TPSA) is 111 Å². The van der Waals surface area contributed by atoms with Crippen LogP contribution in [0.1, 0.15) is 17.3 Å². The Morgan fingerprint density at radius 3 is 2.54 bits per heavy atom. The Balaban J connectivity index is 1.66. The third-order valence-electron chi connectivity index (χ3n) is 3.66. The first-order chi connectivity index (χ1) is 12.4. The molecule has 0 radical (unpaired) electrons. The van der Waals surface area contributed by atoms with Crippen LogP contribution in [0.4, 0.5) is 0 Å². The van der Waals surface area contributed by atoms with Crippen molar-refractivity contribution in [3.63, 3.8) is 0 Å². The molecule has 1 amide bonds. The number of benzene rings is 2. The molecule has 0 aromatic heterocycles. The van der Waals surface area contributed by atoms with Crippen LogP contribution in [0.2, 0.25) is 0 Å². The van der Waals surface area contributed by atoms with E-state index in [4.69, 9.17) is 9.47 Å². The van der Waals surface area contributed by atoms with Gasteiger partial charge in [0.2, 0.25) is 6.10 Å². The van der Waals surface area contributed by atoms with Gasteiger partial charge in [-0.1, -0.05) is 24.3 Å². The van der Waals surface area contributed by atoms with Crippen LogP contribution in [0, 0.1) is 0 Å². The van der Waals surface area contributed by atoms with Gasteiger partial charge in [-0.2, -0.15) is 0 Å². The monoisotopic (exact) mass is 376 g/mol. The Hall–Kier alpha value is -2.91. The number of sulfonamides is 1. The normalized spacial score (nSPS) is 16.0. The lowest BCUT2D eigenvalue weighted by Gasteiger charge is -2.25. The number of carbonyl (C=O) groups is 2. The maximum absolute atomic E-state index is 12.3. The van der Waals surface area contributed by atoms with Crippen molar-refractivity contribution < 1.29 is 27.5 Å². The van der Waals surface area contributed by atoms with Crippen LogP contribution < -0.4 is 19.7 Å². The van der Waals surface area contributed by atoms with Crippen molar-refractivity contribution in [2.24, 2.45) is 0 Å². The van der Waals surface area contributed by atoms with Gasteiger partial charge >= 0.3 is 0 Å². The Bertz CT molecular complexity index is 957. The van der Waals surface area contributed by atoms with E-state index in [0.717, 1.165) is 0 Å². The van der Waals surface area contributed by atoms with E-state index in [2.05, 4.69) is 5.43 Å². The van der Waals surface area contributed by atoms with Gasteiger partial charge in [0.05, 0.1) is 4.90 Å². The first-order valence-corrected chi connectivity index (χ1v) is 9.16. The lowest BCUT2D eigenvalue weighted by atomic mass is 10.2. The summed E-state index contributed by atoms with van der Waals surface area (Å²) in [6.07, 6.45) is -1.00. The van der Waals surface area contributed by atoms with Crippen molar-refractivity contribution in [3.8, 4) is 11.5 Å². The second-order valence-corrected chi connectivity index (χ2v) is 7.23. The summed E-state index contributed by atoms with van der Waals surface area (Å²) in [7, 11) is -4.04. The van der Waals surface area contributed by atoms with Crippen molar-refractivity contribution >= 4 is 21.7 Å². The summed E-state index contributed by atoms with van der Waals surface area (Å²) in [5.41, 5.74) is 2.35. The van der Waals surface area contributed by atoms with Crippen LogP contribution >= 0.6 is 0 Å². The highest BCUT2D eigenvalue weighted by molar-refractivity contribution is 7.89. The number of hydrogen-bond donors (Lipinski definition) is 2. The molecule has 0 spiro atoms. The van der Waals surface area contributed by atoms with Crippen LogP contribution in [-0.4, -0.2) is 32.8 Å². The van der Waals surface area contributed by atoms with Crippen LogP contribution in [0.3, 0.4) is 0 Å². The third-order valence-corrected chi connectivity index (χ3v) is 4.91. The minimum Gasteiger partial charge on any atom is -0.485 e. The molecule has 3 rings (SSSR count). The van der Waals surface area contributed by atoms with Gasteiger partial charge in [0, 0.05) is 5.56 Å². The number of ketones is 1. The first kappa shape index (κ1) is 17.9. The number of carbonyl (C=O) groups excluding carboxylic acids is 2. The number of rotatable bonds is 5. The molecule has 9 heteroatoms. The summed E-state index contributed by atoms with van der Waals surface area (Å²) in [6, 6.07) is 12.3. The molecule has 0 bridgehead atoms. The fourth-order valence-corrected chi connectivity index (χ4v) is 3.18. The number of para-hydroxylation sites is 2. The maximum atomic E-state index is 12.3. The average Bonchev–Trinajstić information content (AvgIpc) is 2.66. The molecule has 1 aliphatic rings. The Morgan fingerprint density at radius 1 is 1.08 bits per heavy atom. The van der Waals surface area contributed by atoms with E-state index in [-0.39, 0.29) is 22.8 Å². The van der Waals surface area contributed by atoms with Gasteiger partial charge in [-0.25, -0.2) is 8.42 Å². The Kier molecular flexibility index (Phi) is 4.92. The molecule has 2 N–H and O–H groups in total. The zero-order chi connectivity index (χ0) is 18.7. The van der Waals surface area contributed by atoms with Crippen molar-refractivity contribution in [3.05, 3.63) is 54.1 Å². The zero-order valence-electron chi connectivity index (χ0n) is 13.8. The molecule has 0 saturated carbocycles. The Morgan fingerprint density at radius 2 is 1.81 bits per heavy atom. The van der Waals surface area contributed by atoms with Crippen molar-refractivity contribution in [2.75, 3.05) is 6.61 Å². The van der Waals surface area contributed by atoms with Gasteiger partial charge in [-0.15, -0.1) is 4.83 Å². The van der Waals surface area contributed by atoms with Crippen molar-refractivity contribution in [2.45, 2.75) is 17.9 Å². The number of Topliss-reactive ketones (excluding diaryl/α,β-unsaturated/α-hetero) is 1. The lowest BCUT2D eigenvalue weighted by Crippen LogP contribution is -2.50. The van der Waals surface area contributed by atoms with E-state index >= 15 is 0 Å². The number of ether oxygens (including phenoxy) is 2. The van der Waals surface area contributed by atoms with Gasteiger partial charge in [-0.05, 0) is 31.2 Å². The van der Waals surface area contributed by atoms with Crippen LogP contribution in [0.5, 0.6) is 11.5 Å².